The number of unbranched alkanes of at least 4 members (excludes halogenated alkanes) is 3. The number of likely N-dealkylation sites (N-methyl/N-ethyl adjacent to an activating group) is 4. The second-order valence-electron chi connectivity index (χ2n) is 30.4. The minimum absolute atomic E-state index is 0.0848. The summed E-state index contributed by atoms with van der Waals surface area (Å²) in [6.45, 7) is 32.7. The number of hydroxylamine groups is 2. The third kappa shape index (κ3) is 24.3. The van der Waals surface area contributed by atoms with E-state index >= 15 is 19.2 Å². The third-order valence-corrected chi connectivity index (χ3v) is 19.9. The monoisotopic (exact) mass is 1380 g/mol. The second kappa shape index (κ2) is 40.4. The molecule has 3 aliphatic heterocycles. The largest absolute Gasteiger partial charge is 0.379 e. The number of carbonyl (C=O) groups is 11. The molecular weight excluding hydrogens is 1260 g/mol. The van der Waals surface area contributed by atoms with E-state index in [4.69, 9.17) is 14.3 Å². The number of ether oxygens (including phenoxy) is 2. The molecule has 1 aromatic heterocycles. The number of morpholine rings is 1. The Morgan fingerprint density at radius 3 is 1.70 bits per heavy atom. The number of nitrogens with one attached hydrogen (secondary N) is 3. The van der Waals surface area contributed by atoms with Gasteiger partial charge in [-0.3, -0.25) is 62.5 Å². The van der Waals surface area contributed by atoms with Gasteiger partial charge in [0.15, 0.2) is 35.0 Å². The Kier molecular flexibility index (Phi) is 34.7. The number of hydrogen-bond acceptors (Lipinski definition) is 18. The molecule has 26 heteroatoms. The standard InChI is InChI=1S/C72H124N12O14/c1-21-54-57(85)39-49(14)68(91)82(20)63(51(16)97-32-26-25-29-83-30-33-96-34-31-83)60(88)41-53(45(8)9)71(94)80(18)55(36-43(4)5)58(86)38-48(13)66(89)73-50(15)69(92)79(17)56(37-44(6)7)59(87)40-52(35-42(2)3)70(93)81(19)62(46(10)11)72(95)84-64(67(90)74-54)65(98-84)47(12)27-23-22-24-28-61-75-77-78-76-61/h42-56,62-65H,21-41H2,1-20H3,(H,73,89)(H,74,90)(H,75,76,77,78)/t47-,48-,49+,50-,51-,52-,53+,54+,55+,56+,62+,63+,64+,65-/m1/s1. The zero-order valence-corrected chi connectivity index (χ0v) is 63.1. The molecule has 3 saturated heterocycles. The van der Waals surface area contributed by atoms with E-state index in [9.17, 15) is 33.6 Å². The molecule has 0 unspecified atom stereocenters. The summed E-state index contributed by atoms with van der Waals surface area (Å²) in [5.41, 5.74) is 0. The van der Waals surface area contributed by atoms with Crippen LogP contribution in [0.3, 0.4) is 0 Å². The van der Waals surface area contributed by atoms with Crippen LogP contribution in [0.2, 0.25) is 0 Å². The van der Waals surface area contributed by atoms with Gasteiger partial charge in [0.25, 0.3) is 5.91 Å². The Labute approximate surface area is 584 Å². The van der Waals surface area contributed by atoms with Gasteiger partial charge in [0.2, 0.25) is 35.4 Å². The Morgan fingerprint density at radius 2 is 1.14 bits per heavy atom. The number of aromatic amines is 1. The van der Waals surface area contributed by atoms with Gasteiger partial charge in [-0.05, 0) is 107 Å². The number of tetrazole rings is 1. The van der Waals surface area contributed by atoms with Crippen LogP contribution in [-0.4, -0.2) is 237 Å². The summed E-state index contributed by atoms with van der Waals surface area (Å²) in [5.74, 6) is -10.6. The van der Waals surface area contributed by atoms with Gasteiger partial charge in [-0.2, -0.15) is 5.21 Å². The lowest BCUT2D eigenvalue weighted by molar-refractivity contribution is -0.322. The van der Waals surface area contributed by atoms with Gasteiger partial charge in [0, 0.05) is 104 Å². The number of hydrogen-bond donors (Lipinski definition) is 3. The highest BCUT2D eigenvalue weighted by Gasteiger charge is 2.54. The summed E-state index contributed by atoms with van der Waals surface area (Å²) in [6.07, 6.45) is 2.85. The summed E-state index contributed by atoms with van der Waals surface area (Å²) in [5, 5.41) is 20.9. The number of H-pyrrole nitrogens is 1. The van der Waals surface area contributed by atoms with Crippen LogP contribution < -0.4 is 10.6 Å². The smallest absolute Gasteiger partial charge is 0.270 e. The molecule has 3 N–H and O–H groups in total. The van der Waals surface area contributed by atoms with Crippen LogP contribution in [0.15, 0.2) is 0 Å². The zero-order valence-electron chi connectivity index (χ0n) is 63.1. The van der Waals surface area contributed by atoms with Crippen molar-refractivity contribution in [3.05, 3.63) is 5.82 Å². The van der Waals surface area contributed by atoms with Gasteiger partial charge < -0.3 is 39.7 Å². The molecule has 0 aliphatic carbocycles. The Balaban J connectivity index is 1.82. The maximum absolute atomic E-state index is 15.3. The average molecular weight is 1380 g/mol. The number of amides is 7. The highest BCUT2D eigenvalue weighted by molar-refractivity contribution is 6.00. The number of aromatic nitrogens is 4. The van der Waals surface area contributed by atoms with E-state index in [1.807, 2.05) is 62.3 Å². The van der Waals surface area contributed by atoms with Crippen LogP contribution in [0.1, 0.15) is 206 Å². The van der Waals surface area contributed by atoms with Crippen LogP contribution in [0.4, 0.5) is 0 Å². The highest BCUT2D eigenvalue weighted by Crippen LogP contribution is 2.35. The third-order valence-electron chi connectivity index (χ3n) is 19.9. The van der Waals surface area contributed by atoms with Crippen molar-refractivity contribution in [2.24, 2.45) is 59.2 Å². The Hall–Kier alpha value is -6.12. The van der Waals surface area contributed by atoms with E-state index in [0.717, 1.165) is 50.4 Å². The van der Waals surface area contributed by atoms with Crippen LogP contribution >= 0.6 is 0 Å². The first-order valence-corrected chi connectivity index (χ1v) is 36.5. The SMILES string of the molecule is CC[C@@H]1NC(=O)[C@@H]2[C@@H]([C@H](C)CCCCCc3nn[nH]n3)ON2C(=O)[C@H](C(C)C)N(C)C(=O)[C@H](CC(C)C)CC(=O)[C@H](CC(C)C)N(C)C(=O)[C@@H](C)NC(=O)[C@H](C)CC(=O)[C@H](CC(C)C)N(C)C(=O)[C@H](C(C)C)CC(=O)[C@H]([C@@H](C)OCCCCN2CCOCC2)N(C)C(=O)[C@@H](C)CC1=O. The normalized spacial score (nSPS) is 28.0. The van der Waals surface area contributed by atoms with Crippen molar-refractivity contribution < 1.29 is 67.1 Å². The van der Waals surface area contributed by atoms with E-state index < -0.39 is 154 Å². The molecule has 4 heterocycles. The molecule has 3 aliphatic rings. The van der Waals surface area contributed by atoms with Crippen LogP contribution in [-0.2, 0) is 73.5 Å². The lowest BCUT2D eigenvalue weighted by Crippen LogP contribution is -2.71. The molecule has 0 radical (unpaired) electrons. The van der Waals surface area contributed by atoms with Gasteiger partial charge >= 0.3 is 0 Å². The van der Waals surface area contributed by atoms with Crippen molar-refractivity contribution in [2.75, 3.05) is 67.6 Å². The van der Waals surface area contributed by atoms with Crippen molar-refractivity contribution >= 4 is 64.5 Å². The first-order chi connectivity index (χ1) is 46.0. The van der Waals surface area contributed by atoms with E-state index in [-0.39, 0.29) is 81.6 Å². The Morgan fingerprint density at radius 1 is 0.561 bits per heavy atom. The number of nitrogens with zero attached hydrogens (tertiary/aromatic N) is 9. The molecular formula is C72H124N12O14. The lowest BCUT2D eigenvalue weighted by Gasteiger charge is -2.50. The first kappa shape index (κ1) is 84.3. The fourth-order valence-electron chi connectivity index (χ4n) is 14.0. The second-order valence-corrected chi connectivity index (χ2v) is 30.4. The molecule has 4 rings (SSSR count). The van der Waals surface area contributed by atoms with Gasteiger partial charge in [-0.15, -0.1) is 10.2 Å². The predicted molar refractivity (Wildman–Crippen MR) is 371 cm³/mol. The summed E-state index contributed by atoms with van der Waals surface area (Å²) >= 11 is 0. The van der Waals surface area contributed by atoms with Crippen molar-refractivity contribution in [3.8, 4) is 0 Å². The minimum atomic E-state index is -1.25. The molecule has 0 bridgehead atoms. The molecule has 14 atom stereocenters. The molecule has 1 aromatic rings. The predicted octanol–water partition coefficient (Wildman–Crippen LogP) is 6.48. The van der Waals surface area contributed by atoms with E-state index in [1.54, 1.807) is 41.5 Å². The van der Waals surface area contributed by atoms with Gasteiger partial charge in [-0.1, -0.05) is 115 Å². The Bertz CT molecular complexity index is 2770. The summed E-state index contributed by atoms with van der Waals surface area (Å²) in [7, 11) is 6.00. The maximum Gasteiger partial charge on any atom is 0.270 e. The molecule has 98 heavy (non-hydrogen) atoms. The molecule has 0 aromatic carbocycles. The van der Waals surface area contributed by atoms with E-state index in [2.05, 4.69) is 36.2 Å². The van der Waals surface area contributed by atoms with E-state index in [0.29, 0.717) is 38.3 Å². The number of rotatable bonds is 23. The number of carbonyl (C=O) groups excluding carboxylic acids is 11. The number of Topliss-reactive ketones (excluding diaryl/α,β-unsaturated/α-hetero) is 4. The van der Waals surface area contributed by atoms with Crippen LogP contribution in [0.25, 0.3) is 0 Å². The molecule has 0 spiro atoms. The summed E-state index contributed by atoms with van der Waals surface area (Å²) in [4.78, 5) is 177. The fourth-order valence-corrected chi connectivity index (χ4v) is 14.0. The summed E-state index contributed by atoms with van der Waals surface area (Å²) in [6, 6.07) is -7.98. The number of ketones is 4. The quantitative estimate of drug-likeness (QED) is 0.0987. The van der Waals surface area contributed by atoms with Crippen LogP contribution in [0.5, 0.6) is 0 Å². The first-order valence-electron chi connectivity index (χ1n) is 36.5. The highest BCUT2D eigenvalue weighted by atomic mass is 16.7. The van der Waals surface area contributed by atoms with Crippen molar-refractivity contribution in [2.45, 2.75) is 262 Å². The van der Waals surface area contributed by atoms with E-state index in [1.165, 1.54) is 54.7 Å². The zero-order chi connectivity index (χ0) is 73.6. The van der Waals surface area contributed by atoms with Crippen molar-refractivity contribution in [3.63, 3.8) is 0 Å². The van der Waals surface area contributed by atoms with Crippen molar-refractivity contribution in [1.29, 1.82) is 0 Å². The number of aryl methyl sites for hydroxylation is 1. The van der Waals surface area contributed by atoms with Crippen molar-refractivity contribution in [1.82, 2.24) is 60.8 Å². The van der Waals surface area contributed by atoms with Gasteiger partial charge in [-0.25, -0.2) is 5.06 Å². The topological polar surface area (TPSA) is 313 Å². The molecule has 3 fully saturated rings. The average Bonchev–Trinajstić information content (AvgIpc) is 0.761. The molecule has 556 valence electrons. The van der Waals surface area contributed by atoms with Crippen LogP contribution in [0, 0.1) is 59.2 Å². The summed E-state index contributed by atoms with van der Waals surface area (Å²) < 4.78 is 11.9. The maximum atomic E-state index is 15.3. The molecule has 0 saturated carbocycles. The van der Waals surface area contributed by atoms with Gasteiger partial charge in [0.1, 0.15) is 24.2 Å². The minimum Gasteiger partial charge on any atom is -0.379 e. The molecule has 26 nitrogen and oxygen atoms in total. The molecule has 7 amide bonds. The van der Waals surface area contributed by atoms with Gasteiger partial charge in [0.05, 0.1) is 37.4 Å². The fraction of sp³-hybridized carbons (Fsp3) is 0.833. The lowest BCUT2D eigenvalue weighted by atomic mass is 9.85. The number of fused-ring (bicyclic) bond motifs is 1.